The van der Waals surface area contributed by atoms with Crippen LogP contribution in [0.4, 0.5) is 0 Å². The summed E-state index contributed by atoms with van der Waals surface area (Å²) in [6.07, 6.45) is 8.20. The van der Waals surface area contributed by atoms with Gasteiger partial charge in [0.05, 0.1) is 0 Å². The van der Waals surface area contributed by atoms with Crippen LogP contribution in [0.25, 0.3) is 0 Å². The quantitative estimate of drug-likeness (QED) is 0.793. The summed E-state index contributed by atoms with van der Waals surface area (Å²) in [6.45, 7) is 5.62. The molecule has 5 nitrogen and oxygen atoms in total. The van der Waals surface area contributed by atoms with Crippen LogP contribution in [0.1, 0.15) is 44.9 Å². The highest BCUT2D eigenvalue weighted by Gasteiger charge is 2.33. The van der Waals surface area contributed by atoms with Crippen molar-refractivity contribution >= 4 is 11.8 Å². The Bertz CT molecular complexity index is 426. The zero-order chi connectivity index (χ0) is 16.2. The second kappa shape index (κ2) is 7.65. The fourth-order valence-electron chi connectivity index (χ4n) is 4.30. The first-order valence-electron chi connectivity index (χ1n) is 9.38. The van der Waals surface area contributed by atoms with Gasteiger partial charge in [-0.3, -0.25) is 14.5 Å². The number of piperidine rings is 1. The van der Waals surface area contributed by atoms with Crippen LogP contribution in [-0.4, -0.2) is 72.8 Å². The molecule has 130 valence electrons. The number of rotatable bonds is 3. The Balaban J connectivity index is 1.43. The van der Waals surface area contributed by atoms with Crippen molar-refractivity contribution in [1.29, 1.82) is 0 Å². The SMILES string of the molecule is CN1CC[C@H](C(=O)N2CCN(CC3CCCCC3)CC2)CC1=O. The van der Waals surface area contributed by atoms with Crippen LogP contribution < -0.4 is 0 Å². The summed E-state index contributed by atoms with van der Waals surface area (Å²) in [5, 5.41) is 0. The second-order valence-corrected chi connectivity index (χ2v) is 7.63. The maximum Gasteiger partial charge on any atom is 0.226 e. The second-order valence-electron chi connectivity index (χ2n) is 7.63. The number of carbonyl (C=O) groups excluding carboxylic acids is 2. The Hall–Kier alpha value is -1.10. The number of amides is 2. The van der Waals surface area contributed by atoms with Gasteiger partial charge in [0.2, 0.25) is 11.8 Å². The van der Waals surface area contributed by atoms with E-state index in [0.717, 1.165) is 45.1 Å². The van der Waals surface area contributed by atoms with Gasteiger partial charge in [0, 0.05) is 58.7 Å². The van der Waals surface area contributed by atoms with Crippen LogP contribution in [0.15, 0.2) is 0 Å². The molecule has 5 heteroatoms. The molecule has 1 atom stereocenters. The van der Waals surface area contributed by atoms with Crippen LogP contribution in [0.5, 0.6) is 0 Å². The summed E-state index contributed by atoms with van der Waals surface area (Å²) in [5.74, 6) is 1.12. The first kappa shape index (κ1) is 16.7. The van der Waals surface area contributed by atoms with Gasteiger partial charge in [-0.05, 0) is 25.2 Å². The standard InChI is InChI=1S/C18H31N3O2/c1-19-8-7-16(13-17(19)22)18(23)21-11-9-20(10-12-21)14-15-5-3-2-4-6-15/h15-16H,2-14H2,1H3/t16-/m0/s1. The minimum atomic E-state index is -0.0800. The van der Waals surface area contributed by atoms with Gasteiger partial charge in [-0.2, -0.15) is 0 Å². The third-order valence-electron chi connectivity index (χ3n) is 5.93. The Morgan fingerprint density at radius 1 is 1.00 bits per heavy atom. The predicted molar refractivity (Wildman–Crippen MR) is 90.0 cm³/mol. The van der Waals surface area contributed by atoms with E-state index in [1.54, 1.807) is 4.90 Å². The lowest BCUT2D eigenvalue weighted by Crippen LogP contribution is -2.52. The van der Waals surface area contributed by atoms with E-state index in [-0.39, 0.29) is 17.7 Å². The number of carbonyl (C=O) groups is 2. The minimum Gasteiger partial charge on any atom is -0.346 e. The number of hydrogen-bond acceptors (Lipinski definition) is 3. The minimum absolute atomic E-state index is 0.0800. The number of piperazine rings is 1. The van der Waals surface area contributed by atoms with Crippen LogP contribution in [0, 0.1) is 11.8 Å². The molecule has 0 spiro atoms. The van der Waals surface area contributed by atoms with Crippen molar-refractivity contribution in [3.8, 4) is 0 Å². The molecule has 3 aliphatic rings. The highest BCUT2D eigenvalue weighted by molar-refractivity contribution is 5.86. The third kappa shape index (κ3) is 4.25. The molecule has 1 saturated carbocycles. The van der Waals surface area contributed by atoms with Gasteiger partial charge in [-0.25, -0.2) is 0 Å². The van der Waals surface area contributed by atoms with Crippen molar-refractivity contribution in [3.63, 3.8) is 0 Å². The first-order valence-corrected chi connectivity index (χ1v) is 9.38. The highest BCUT2D eigenvalue weighted by atomic mass is 16.2. The Morgan fingerprint density at radius 2 is 1.70 bits per heavy atom. The number of nitrogens with zero attached hydrogens (tertiary/aromatic N) is 3. The lowest BCUT2D eigenvalue weighted by molar-refractivity contribution is -0.145. The molecular weight excluding hydrogens is 290 g/mol. The van der Waals surface area contributed by atoms with E-state index in [4.69, 9.17) is 0 Å². The molecule has 3 rings (SSSR count). The summed E-state index contributed by atoms with van der Waals surface area (Å²) < 4.78 is 0. The van der Waals surface area contributed by atoms with E-state index in [2.05, 4.69) is 4.90 Å². The van der Waals surface area contributed by atoms with Crippen molar-refractivity contribution in [2.24, 2.45) is 11.8 Å². The Kier molecular flexibility index (Phi) is 5.57. The van der Waals surface area contributed by atoms with Gasteiger partial charge < -0.3 is 9.80 Å². The molecule has 2 saturated heterocycles. The summed E-state index contributed by atoms with van der Waals surface area (Å²) >= 11 is 0. The molecule has 0 aromatic heterocycles. The van der Waals surface area contributed by atoms with Gasteiger partial charge in [0.25, 0.3) is 0 Å². The van der Waals surface area contributed by atoms with E-state index >= 15 is 0 Å². The fraction of sp³-hybridized carbons (Fsp3) is 0.889. The lowest BCUT2D eigenvalue weighted by atomic mass is 9.89. The van der Waals surface area contributed by atoms with Crippen LogP contribution >= 0.6 is 0 Å². The van der Waals surface area contributed by atoms with Crippen molar-refractivity contribution in [1.82, 2.24) is 14.7 Å². The van der Waals surface area contributed by atoms with E-state index < -0.39 is 0 Å². The fourth-order valence-corrected chi connectivity index (χ4v) is 4.30. The molecule has 2 amide bonds. The molecule has 1 aliphatic carbocycles. The van der Waals surface area contributed by atoms with E-state index in [1.807, 2.05) is 11.9 Å². The highest BCUT2D eigenvalue weighted by Crippen LogP contribution is 2.25. The summed E-state index contributed by atoms with van der Waals surface area (Å²) in [5.41, 5.74) is 0. The van der Waals surface area contributed by atoms with Gasteiger partial charge in [-0.15, -0.1) is 0 Å². The van der Waals surface area contributed by atoms with Gasteiger partial charge in [-0.1, -0.05) is 19.3 Å². The van der Waals surface area contributed by atoms with Gasteiger partial charge in [0.1, 0.15) is 0 Å². The van der Waals surface area contributed by atoms with Crippen LogP contribution in [0.3, 0.4) is 0 Å². The zero-order valence-corrected chi connectivity index (χ0v) is 14.5. The smallest absolute Gasteiger partial charge is 0.226 e. The molecule has 0 bridgehead atoms. The number of hydrogen-bond donors (Lipinski definition) is 0. The average molecular weight is 321 g/mol. The van der Waals surface area contributed by atoms with Gasteiger partial charge in [0.15, 0.2) is 0 Å². The van der Waals surface area contributed by atoms with E-state index in [0.29, 0.717) is 6.42 Å². The molecule has 0 aromatic rings. The van der Waals surface area contributed by atoms with Crippen molar-refractivity contribution in [3.05, 3.63) is 0 Å². The summed E-state index contributed by atoms with van der Waals surface area (Å²) in [7, 11) is 1.83. The molecule has 0 radical (unpaired) electrons. The molecule has 2 aliphatic heterocycles. The molecule has 2 heterocycles. The summed E-state index contributed by atoms with van der Waals surface area (Å²) in [4.78, 5) is 30.7. The third-order valence-corrected chi connectivity index (χ3v) is 5.93. The number of likely N-dealkylation sites (tertiary alicyclic amines) is 1. The molecule has 0 N–H and O–H groups in total. The molecule has 0 aromatic carbocycles. The maximum absolute atomic E-state index is 12.6. The lowest BCUT2D eigenvalue weighted by Gasteiger charge is -2.39. The molecule has 0 unspecified atom stereocenters. The average Bonchev–Trinajstić information content (AvgIpc) is 2.58. The largest absolute Gasteiger partial charge is 0.346 e. The van der Waals surface area contributed by atoms with E-state index in [1.165, 1.54) is 38.6 Å². The maximum atomic E-state index is 12.6. The molecular formula is C18H31N3O2. The monoisotopic (exact) mass is 321 g/mol. The van der Waals surface area contributed by atoms with Crippen molar-refractivity contribution in [2.75, 3.05) is 46.3 Å². The Labute approximate surface area is 140 Å². The van der Waals surface area contributed by atoms with Gasteiger partial charge >= 0.3 is 0 Å². The normalized spacial score (nSPS) is 28.2. The first-order chi connectivity index (χ1) is 11.1. The molecule has 23 heavy (non-hydrogen) atoms. The summed E-state index contributed by atoms with van der Waals surface area (Å²) in [6, 6.07) is 0. The topological polar surface area (TPSA) is 43.9 Å². The van der Waals surface area contributed by atoms with Crippen LogP contribution in [-0.2, 0) is 9.59 Å². The molecule has 3 fully saturated rings. The van der Waals surface area contributed by atoms with Crippen molar-refractivity contribution < 1.29 is 9.59 Å². The predicted octanol–water partition coefficient (Wildman–Crippen LogP) is 1.58. The Morgan fingerprint density at radius 3 is 2.35 bits per heavy atom. The zero-order valence-electron chi connectivity index (χ0n) is 14.5. The van der Waals surface area contributed by atoms with E-state index in [9.17, 15) is 9.59 Å². The van der Waals surface area contributed by atoms with Crippen molar-refractivity contribution in [2.45, 2.75) is 44.9 Å². The van der Waals surface area contributed by atoms with Crippen LogP contribution in [0.2, 0.25) is 0 Å².